The number of aromatic nitrogens is 3. The smallest absolute Gasteiger partial charge is 0.251 e. The van der Waals surface area contributed by atoms with Crippen LogP contribution in [-0.2, 0) is 6.54 Å². The first kappa shape index (κ1) is 15.6. The van der Waals surface area contributed by atoms with E-state index in [1.165, 1.54) is 14.2 Å². The first-order valence-corrected chi connectivity index (χ1v) is 7.16. The molecule has 1 amide bonds. The van der Waals surface area contributed by atoms with E-state index in [1.54, 1.807) is 36.6 Å². The van der Waals surface area contributed by atoms with E-state index in [-0.39, 0.29) is 12.5 Å². The molecule has 124 valence electrons. The normalized spacial score (nSPS) is 10.4. The number of nitrogens with zero attached hydrogens (tertiary/aromatic N) is 2. The number of carbonyl (C=O) groups is 1. The first-order chi connectivity index (χ1) is 11.7. The van der Waals surface area contributed by atoms with Crippen molar-refractivity contribution in [3.8, 4) is 23.1 Å². The Bertz CT molecular complexity index is 826. The lowest BCUT2D eigenvalue weighted by Gasteiger charge is -2.09. The Morgan fingerprint density at radius 3 is 2.79 bits per heavy atom. The summed E-state index contributed by atoms with van der Waals surface area (Å²) in [6, 6.07) is 8.46. The second kappa shape index (κ2) is 6.86. The maximum Gasteiger partial charge on any atom is 0.251 e. The molecular weight excluding hydrogens is 312 g/mol. The molecule has 0 fully saturated rings. The van der Waals surface area contributed by atoms with Crippen LogP contribution in [0.4, 0.5) is 0 Å². The van der Waals surface area contributed by atoms with Crippen molar-refractivity contribution < 1.29 is 18.7 Å². The molecule has 0 radical (unpaired) electrons. The molecule has 3 rings (SSSR count). The van der Waals surface area contributed by atoms with Gasteiger partial charge in [0.1, 0.15) is 5.82 Å². The molecule has 0 aliphatic carbocycles. The average Bonchev–Trinajstić information content (AvgIpc) is 3.30. The van der Waals surface area contributed by atoms with E-state index in [2.05, 4.69) is 20.5 Å². The van der Waals surface area contributed by atoms with Gasteiger partial charge in [-0.05, 0) is 30.3 Å². The van der Waals surface area contributed by atoms with Gasteiger partial charge in [0, 0.05) is 5.56 Å². The zero-order valence-electron chi connectivity index (χ0n) is 13.2. The van der Waals surface area contributed by atoms with Gasteiger partial charge in [0.2, 0.25) is 5.82 Å². The molecule has 0 saturated heterocycles. The Morgan fingerprint density at radius 1 is 1.25 bits per heavy atom. The summed E-state index contributed by atoms with van der Waals surface area (Å²) in [5, 5.41) is 9.57. The number of aromatic amines is 1. The molecular formula is C16H16N4O4. The Balaban J connectivity index is 1.65. The van der Waals surface area contributed by atoms with E-state index < -0.39 is 0 Å². The largest absolute Gasteiger partial charge is 0.493 e. The number of rotatable bonds is 6. The minimum atomic E-state index is -0.257. The van der Waals surface area contributed by atoms with E-state index >= 15 is 0 Å². The van der Waals surface area contributed by atoms with Crippen LogP contribution in [-0.4, -0.2) is 35.3 Å². The summed E-state index contributed by atoms with van der Waals surface area (Å²) in [5.41, 5.74) is 0.457. The molecule has 1 aromatic carbocycles. The lowest BCUT2D eigenvalue weighted by molar-refractivity contribution is 0.0949. The molecule has 0 aliphatic rings. The summed E-state index contributed by atoms with van der Waals surface area (Å²) in [7, 11) is 3.06. The molecule has 0 bridgehead atoms. The van der Waals surface area contributed by atoms with Gasteiger partial charge in [0.15, 0.2) is 17.3 Å². The van der Waals surface area contributed by atoms with E-state index in [0.717, 1.165) is 0 Å². The summed E-state index contributed by atoms with van der Waals surface area (Å²) in [6.45, 7) is 0.209. The Morgan fingerprint density at radius 2 is 2.08 bits per heavy atom. The van der Waals surface area contributed by atoms with Crippen molar-refractivity contribution in [2.75, 3.05) is 14.2 Å². The fourth-order valence-electron chi connectivity index (χ4n) is 2.13. The Labute approximate surface area is 137 Å². The van der Waals surface area contributed by atoms with Crippen molar-refractivity contribution >= 4 is 5.91 Å². The van der Waals surface area contributed by atoms with Crippen LogP contribution in [0.15, 0.2) is 41.0 Å². The van der Waals surface area contributed by atoms with Crippen molar-refractivity contribution in [2.45, 2.75) is 6.54 Å². The highest BCUT2D eigenvalue weighted by atomic mass is 16.5. The minimum Gasteiger partial charge on any atom is -0.493 e. The van der Waals surface area contributed by atoms with Crippen molar-refractivity contribution in [1.82, 2.24) is 20.5 Å². The predicted octanol–water partition coefficient (Wildman–Crippen LogP) is 2.01. The number of hydrogen-bond donors (Lipinski definition) is 2. The van der Waals surface area contributed by atoms with Crippen LogP contribution < -0.4 is 14.8 Å². The zero-order valence-corrected chi connectivity index (χ0v) is 13.2. The monoisotopic (exact) mass is 328 g/mol. The maximum absolute atomic E-state index is 12.2. The molecule has 3 aromatic rings. The summed E-state index contributed by atoms with van der Waals surface area (Å²) < 4.78 is 15.6. The van der Waals surface area contributed by atoms with Gasteiger partial charge in [-0.2, -0.15) is 0 Å². The molecule has 8 heteroatoms. The quantitative estimate of drug-likeness (QED) is 0.717. The maximum atomic E-state index is 12.2. The fourth-order valence-corrected chi connectivity index (χ4v) is 2.13. The van der Waals surface area contributed by atoms with Crippen LogP contribution in [0, 0.1) is 0 Å². The molecule has 2 N–H and O–H groups in total. The summed E-state index contributed by atoms with van der Waals surface area (Å²) in [4.78, 5) is 16.5. The number of furan rings is 1. The van der Waals surface area contributed by atoms with Gasteiger partial charge < -0.3 is 19.2 Å². The first-order valence-electron chi connectivity index (χ1n) is 7.16. The zero-order chi connectivity index (χ0) is 16.9. The number of hydrogen-bond acceptors (Lipinski definition) is 6. The van der Waals surface area contributed by atoms with Crippen molar-refractivity contribution in [3.63, 3.8) is 0 Å². The van der Waals surface area contributed by atoms with Gasteiger partial charge >= 0.3 is 0 Å². The number of benzene rings is 1. The third-order valence-corrected chi connectivity index (χ3v) is 3.34. The Kier molecular flexibility index (Phi) is 4.46. The van der Waals surface area contributed by atoms with Gasteiger partial charge in [-0.1, -0.05) is 0 Å². The number of ether oxygens (including phenoxy) is 2. The van der Waals surface area contributed by atoms with Crippen LogP contribution in [0.5, 0.6) is 11.5 Å². The predicted molar refractivity (Wildman–Crippen MR) is 84.8 cm³/mol. The van der Waals surface area contributed by atoms with Crippen molar-refractivity contribution in [1.29, 1.82) is 0 Å². The lowest BCUT2D eigenvalue weighted by atomic mass is 10.2. The van der Waals surface area contributed by atoms with Gasteiger partial charge in [0.05, 0.1) is 27.0 Å². The SMILES string of the molecule is COc1ccc(C(=O)NCc2nc(-c3ccco3)n[nH]2)cc1OC. The fraction of sp³-hybridized carbons (Fsp3) is 0.188. The van der Waals surface area contributed by atoms with E-state index in [1.807, 2.05) is 0 Å². The number of nitrogens with one attached hydrogen (secondary N) is 2. The molecule has 0 spiro atoms. The minimum absolute atomic E-state index is 0.209. The van der Waals surface area contributed by atoms with Crippen LogP contribution in [0.3, 0.4) is 0 Å². The summed E-state index contributed by atoms with van der Waals surface area (Å²) in [6.07, 6.45) is 1.55. The van der Waals surface area contributed by atoms with E-state index in [4.69, 9.17) is 13.9 Å². The molecule has 8 nitrogen and oxygen atoms in total. The second-order valence-electron chi connectivity index (χ2n) is 4.84. The standard InChI is InChI=1S/C16H16N4O4/c1-22-11-6-5-10(8-13(11)23-2)16(21)17-9-14-18-15(20-19-14)12-4-3-7-24-12/h3-8H,9H2,1-2H3,(H,17,21)(H,18,19,20). The molecule has 0 saturated carbocycles. The molecule has 2 heterocycles. The average molecular weight is 328 g/mol. The van der Waals surface area contributed by atoms with Gasteiger partial charge in [-0.3, -0.25) is 9.89 Å². The Hall–Kier alpha value is -3.29. The summed E-state index contributed by atoms with van der Waals surface area (Å²) >= 11 is 0. The number of H-pyrrole nitrogens is 1. The lowest BCUT2D eigenvalue weighted by Crippen LogP contribution is -2.23. The molecule has 0 aliphatic heterocycles. The highest BCUT2D eigenvalue weighted by Crippen LogP contribution is 2.27. The van der Waals surface area contributed by atoms with E-state index in [0.29, 0.717) is 34.5 Å². The van der Waals surface area contributed by atoms with Crippen LogP contribution in [0.2, 0.25) is 0 Å². The molecule has 2 aromatic heterocycles. The topological polar surface area (TPSA) is 102 Å². The van der Waals surface area contributed by atoms with Crippen molar-refractivity contribution in [2.24, 2.45) is 0 Å². The molecule has 24 heavy (non-hydrogen) atoms. The summed E-state index contributed by atoms with van der Waals surface area (Å²) in [5.74, 6) is 2.32. The number of amides is 1. The highest BCUT2D eigenvalue weighted by molar-refractivity contribution is 5.94. The van der Waals surface area contributed by atoms with Gasteiger partial charge in [-0.15, -0.1) is 5.10 Å². The van der Waals surface area contributed by atoms with Gasteiger partial charge in [0.25, 0.3) is 5.91 Å². The van der Waals surface area contributed by atoms with Crippen LogP contribution in [0.25, 0.3) is 11.6 Å². The van der Waals surface area contributed by atoms with Gasteiger partial charge in [-0.25, -0.2) is 4.98 Å². The highest BCUT2D eigenvalue weighted by Gasteiger charge is 2.12. The molecule has 0 atom stereocenters. The second-order valence-corrected chi connectivity index (χ2v) is 4.84. The molecule has 0 unspecified atom stereocenters. The van der Waals surface area contributed by atoms with E-state index in [9.17, 15) is 4.79 Å². The third kappa shape index (κ3) is 3.22. The van der Waals surface area contributed by atoms with Crippen molar-refractivity contribution in [3.05, 3.63) is 48.0 Å². The number of methoxy groups -OCH3 is 2. The van der Waals surface area contributed by atoms with Crippen LogP contribution in [0.1, 0.15) is 16.2 Å². The number of carbonyl (C=O) groups excluding carboxylic acids is 1. The third-order valence-electron chi connectivity index (χ3n) is 3.34. The van der Waals surface area contributed by atoms with Crippen LogP contribution >= 0.6 is 0 Å².